The van der Waals surface area contributed by atoms with E-state index >= 15 is 0 Å². The summed E-state index contributed by atoms with van der Waals surface area (Å²) < 4.78 is 7.99. The van der Waals surface area contributed by atoms with Crippen molar-refractivity contribution in [2.24, 2.45) is 7.05 Å². The number of nitrogens with zero attached hydrogens (tertiary/aromatic N) is 3. The van der Waals surface area contributed by atoms with Crippen LogP contribution in [0.1, 0.15) is 39.3 Å². The summed E-state index contributed by atoms with van der Waals surface area (Å²) in [5, 5.41) is 8.05. The molecule has 3 rings (SSSR count). The van der Waals surface area contributed by atoms with Gasteiger partial charge in [0, 0.05) is 25.5 Å². The molecule has 0 saturated carbocycles. The highest BCUT2D eigenvalue weighted by atomic mass is 16.5. The molecule has 28 heavy (non-hydrogen) atoms. The van der Waals surface area contributed by atoms with Gasteiger partial charge in [-0.3, -0.25) is 9.67 Å². The summed E-state index contributed by atoms with van der Waals surface area (Å²) in [5.41, 5.74) is 8.26. The van der Waals surface area contributed by atoms with Crippen molar-refractivity contribution in [2.45, 2.75) is 47.3 Å². The minimum absolute atomic E-state index is 0.490. The first-order chi connectivity index (χ1) is 13.5. The van der Waals surface area contributed by atoms with Crippen LogP contribution in [0.4, 0.5) is 0 Å². The Bertz CT molecular complexity index is 908. The first kappa shape index (κ1) is 20.1. The van der Waals surface area contributed by atoms with Gasteiger partial charge < -0.3 is 10.1 Å². The third-order valence-electron chi connectivity index (χ3n) is 5.15. The lowest BCUT2D eigenvalue weighted by Crippen LogP contribution is -2.17. The van der Waals surface area contributed by atoms with Crippen LogP contribution >= 0.6 is 0 Å². The van der Waals surface area contributed by atoms with Gasteiger partial charge in [-0.1, -0.05) is 18.2 Å². The van der Waals surface area contributed by atoms with Gasteiger partial charge in [0.15, 0.2) is 0 Å². The van der Waals surface area contributed by atoms with Crippen molar-refractivity contribution in [2.75, 3.05) is 6.54 Å². The zero-order chi connectivity index (χ0) is 20.1. The first-order valence-corrected chi connectivity index (χ1v) is 9.78. The molecule has 5 nitrogen and oxygen atoms in total. The maximum atomic E-state index is 6.03. The standard InChI is InChI=1S/C23H30N4O/c1-16-12-20(14-24-11-9-22-18(3)26-27(5)19(22)4)13-17(2)23(16)28-15-21-8-6-7-10-25-21/h6-8,10,12-13,24H,9,11,14-15H2,1-5H3. The zero-order valence-corrected chi connectivity index (χ0v) is 17.5. The average molecular weight is 379 g/mol. The maximum Gasteiger partial charge on any atom is 0.130 e. The Morgan fingerprint density at radius 2 is 1.82 bits per heavy atom. The van der Waals surface area contributed by atoms with Gasteiger partial charge in [-0.05, 0) is 75.0 Å². The number of hydrogen-bond donors (Lipinski definition) is 1. The van der Waals surface area contributed by atoms with Gasteiger partial charge in [0.2, 0.25) is 0 Å². The summed E-state index contributed by atoms with van der Waals surface area (Å²) in [5.74, 6) is 0.955. The Labute approximate surface area is 167 Å². The molecule has 2 aromatic heterocycles. The van der Waals surface area contributed by atoms with E-state index in [1.54, 1.807) is 6.20 Å². The van der Waals surface area contributed by atoms with Crippen LogP contribution in [0.5, 0.6) is 5.75 Å². The normalized spacial score (nSPS) is 11.0. The van der Waals surface area contributed by atoms with Crippen molar-refractivity contribution in [3.63, 3.8) is 0 Å². The van der Waals surface area contributed by atoms with Crippen LogP contribution in [0.3, 0.4) is 0 Å². The van der Waals surface area contributed by atoms with Gasteiger partial charge in [-0.25, -0.2) is 0 Å². The molecular weight excluding hydrogens is 348 g/mol. The van der Waals surface area contributed by atoms with Gasteiger partial charge in [0.1, 0.15) is 12.4 Å². The number of nitrogens with one attached hydrogen (secondary N) is 1. The number of benzene rings is 1. The highest BCUT2D eigenvalue weighted by Gasteiger charge is 2.10. The molecule has 148 valence electrons. The number of ether oxygens (including phenoxy) is 1. The lowest BCUT2D eigenvalue weighted by molar-refractivity contribution is 0.297. The number of rotatable bonds is 8. The fraction of sp³-hybridized carbons (Fsp3) is 0.391. The number of aryl methyl sites for hydroxylation is 4. The smallest absolute Gasteiger partial charge is 0.130 e. The number of aromatic nitrogens is 3. The minimum atomic E-state index is 0.490. The van der Waals surface area contributed by atoms with E-state index < -0.39 is 0 Å². The Kier molecular flexibility index (Phi) is 6.47. The van der Waals surface area contributed by atoms with Crippen LogP contribution in [0.25, 0.3) is 0 Å². The van der Waals surface area contributed by atoms with E-state index in [0.717, 1.165) is 47.8 Å². The number of pyridine rings is 1. The largest absolute Gasteiger partial charge is 0.487 e. The molecule has 0 aliphatic heterocycles. The SMILES string of the molecule is Cc1cc(CNCCc2c(C)nn(C)c2C)cc(C)c1OCc1ccccn1. The van der Waals surface area contributed by atoms with Crippen molar-refractivity contribution in [3.05, 3.63) is 75.9 Å². The molecule has 3 aromatic rings. The number of hydrogen-bond acceptors (Lipinski definition) is 4. The van der Waals surface area contributed by atoms with Gasteiger partial charge in [0.25, 0.3) is 0 Å². The summed E-state index contributed by atoms with van der Waals surface area (Å²) in [4.78, 5) is 4.32. The predicted molar refractivity (Wildman–Crippen MR) is 113 cm³/mol. The minimum Gasteiger partial charge on any atom is -0.487 e. The summed E-state index contributed by atoms with van der Waals surface area (Å²) in [6.07, 6.45) is 2.79. The van der Waals surface area contributed by atoms with Gasteiger partial charge in [-0.2, -0.15) is 5.10 Å². The van der Waals surface area contributed by atoms with E-state index in [1.807, 2.05) is 29.9 Å². The second-order valence-electron chi connectivity index (χ2n) is 7.37. The van der Waals surface area contributed by atoms with Crippen molar-refractivity contribution in [1.82, 2.24) is 20.1 Å². The molecule has 0 aliphatic carbocycles. The third kappa shape index (κ3) is 4.78. The van der Waals surface area contributed by atoms with Crippen LogP contribution in [0.15, 0.2) is 36.5 Å². The van der Waals surface area contributed by atoms with Gasteiger partial charge in [0.05, 0.1) is 11.4 Å². The predicted octanol–water partition coefficient (Wildman–Crippen LogP) is 3.96. The molecule has 1 aromatic carbocycles. The topological polar surface area (TPSA) is 52.0 Å². The molecule has 0 amide bonds. The lowest BCUT2D eigenvalue weighted by Gasteiger charge is -2.14. The maximum absolute atomic E-state index is 6.03. The quantitative estimate of drug-likeness (QED) is 0.603. The summed E-state index contributed by atoms with van der Waals surface area (Å²) in [7, 11) is 2.00. The van der Waals surface area contributed by atoms with E-state index in [4.69, 9.17) is 4.74 Å². The van der Waals surface area contributed by atoms with Crippen LogP contribution in [-0.4, -0.2) is 21.3 Å². The molecular formula is C23H30N4O. The molecule has 1 N–H and O–H groups in total. The van der Waals surface area contributed by atoms with E-state index in [-0.39, 0.29) is 0 Å². The monoisotopic (exact) mass is 378 g/mol. The Hall–Kier alpha value is -2.66. The van der Waals surface area contributed by atoms with E-state index in [1.165, 1.54) is 16.8 Å². The molecule has 5 heteroatoms. The summed E-state index contributed by atoms with van der Waals surface area (Å²) >= 11 is 0. The highest BCUT2D eigenvalue weighted by Crippen LogP contribution is 2.25. The molecule has 0 aliphatic rings. The fourth-order valence-corrected chi connectivity index (χ4v) is 3.62. The van der Waals surface area contributed by atoms with Crippen molar-refractivity contribution < 1.29 is 4.74 Å². The molecule has 0 unspecified atom stereocenters. The van der Waals surface area contributed by atoms with Gasteiger partial charge in [-0.15, -0.1) is 0 Å². The molecule has 0 spiro atoms. The second kappa shape index (κ2) is 9.02. The fourth-order valence-electron chi connectivity index (χ4n) is 3.62. The first-order valence-electron chi connectivity index (χ1n) is 9.78. The average Bonchev–Trinajstić information content (AvgIpc) is 2.91. The van der Waals surface area contributed by atoms with Crippen molar-refractivity contribution in [3.8, 4) is 5.75 Å². The molecule has 0 atom stereocenters. The van der Waals surface area contributed by atoms with Crippen molar-refractivity contribution >= 4 is 0 Å². The van der Waals surface area contributed by atoms with Crippen LogP contribution < -0.4 is 10.1 Å². The second-order valence-corrected chi connectivity index (χ2v) is 7.37. The van der Waals surface area contributed by atoms with Gasteiger partial charge >= 0.3 is 0 Å². The van der Waals surface area contributed by atoms with E-state index in [0.29, 0.717) is 6.61 Å². The van der Waals surface area contributed by atoms with Crippen molar-refractivity contribution in [1.29, 1.82) is 0 Å². The molecule has 0 bridgehead atoms. The molecule has 0 fully saturated rings. The van der Waals surface area contributed by atoms with E-state index in [2.05, 4.69) is 55.2 Å². The van der Waals surface area contributed by atoms with Crippen LogP contribution in [0, 0.1) is 27.7 Å². The molecule has 0 radical (unpaired) electrons. The van der Waals surface area contributed by atoms with E-state index in [9.17, 15) is 0 Å². The zero-order valence-electron chi connectivity index (χ0n) is 17.5. The highest BCUT2D eigenvalue weighted by molar-refractivity contribution is 5.43. The summed E-state index contributed by atoms with van der Waals surface area (Å²) in [6, 6.07) is 10.3. The Balaban J connectivity index is 1.55. The van der Waals surface area contributed by atoms with Crippen LogP contribution in [0.2, 0.25) is 0 Å². The lowest BCUT2D eigenvalue weighted by atomic mass is 10.1. The third-order valence-corrected chi connectivity index (χ3v) is 5.15. The molecule has 2 heterocycles. The molecule has 0 saturated heterocycles. The Morgan fingerprint density at radius 3 is 2.43 bits per heavy atom. The van der Waals surface area contributed by atoms with Crippen LogP contribution in [-0.2, 0) is 26.6 Å². The summed E-state index contributed by atoms with van der Waals surface area (Å²) in [6.45, 7) is 10.7. The Morgan fingerprint density at radius 1 is 1.07 bits per heavy atom.